The number of Topliss-reactive ketones (excluding diaryl/α,β-unsaturated/α-hetero) is 1. The average molecular weight is 390 g/mol. The van der Waals surface area contributed by atoms with E-state index in [9.17, 15) is 9.59 Å². The number of hydrogen-bond donors (Lipinski definition) is 1. The number of anilines is 1. The summed E-state index contributed by atoms with van der Waals surface area (Å²) in [5.41, 5.74) is 3.64. The molecule has 2 heterocycles. The Kier molecular flexibility index (Phi) is 4.94. The van der Waals surface area contributed by atoms with Crippen molar-refractivity contribution in [1.29, 1.82) is 0 Å². The average Bonchev–Trinajstić information content (AvgIpc) is 3.38. The second-order valence-electron chi connectivity index (χ2n) is 7.72. The van der Waals surface area contributed by atoms with E-state index in [1.807, 2.05) is 36.7 Å². The molecule has 1 N–H and O–H groups in total. The van der Waals surface area contributed by atoms with Crippen LogP contribution < -0.4 is 10.9 Å². The van der Waals surface area contributed by atoms with Crippen LogP contribution in [-0.2, 0) is 18.5 Å². The number of hydrogen-bond acceptors (Lipinski definition) is 5. The highest BCUT2D eigenvalue weighted by Gasteiger charge is 2.40. The third-order valence-electron chi connectivity index (χ3n) is 5.85. The van der Waals surface area contributed by atoms with E-state index in [1.54, 1.807) is 6.07 Å². The molecule has 3 aromatic rings. The zero-order chi connectivity index (χ0) is 20.6. The van der Waals surface area contributed by atoms with Gasteiger partial charge in [0.1, 0.15) is 12.1 Å². The molecule has 0 aliphatic heterocycles. The first-order valence-electron chi connectivity index (χ1n) is 10.3. The second-order valence-corrected chi connectivity index (χ2v) is 7.72. The van der Waals surface area contributed by atoms with Crippen molar-refractivity contribution in [2.75, 3.05) is 5.32 Å². The van der Waals surface area contributed by atoms with Crippen LogP contribution in [0, 0.1) is 0 Å². The lowest BCUT2D eigenvalue weighted by Gasteiger charge is -2.15. The predicted molar refractivity (Wildman–Crippen MR) is 114 cm³/mol. The molecule has 2 aliphatic carbocycles. The van der Waals surface area contributed by atoms with Crippen molar-refractivity contribution in [3.05, 3.63) is 63.8 Å². The fraction of sp³-hybridized carbons (Fsp3) is 0.391. The van der Waals surface area contributed by atoms with Gasteiger partial charge in [-0.05, 0) is 37.3 Å². The Morgan fingerprint density at radius 3 is 2.69 bits per heavy atom. The highest BCUT2D eigenvalue weighted by molar-refractivity contribution is 6.00. The van der Waals surface area contributed by atoms with Crippen LogP contribution in [0.2, 0.25) is 0 Å². The van der Waals surface area contributed by atoms with Gasteiger partial charge >= 0.3 is 0 Å². The number of ketones is 1. The molecular formula is C23H26N4O2. The summed E-state index contributed by atoms with van der Waals surface area (Å²) in [6, 6.07) is 7.48. The lowest BCUT2D eigenvalue weighted by atomic mass is 10.0. The van der Waals surface area contributed by atoms with E-state index in [2.05, 4.69) is 28.3 Å². The molecule has 0 amide bonds. The van der Waals surface area contributed by atoms with Crippen LogP contribution in [0.25, 0.3) is 10.9 Å². The van der Waals surface area contributed by atoms with E-state index in [-0.39, 0.29) is 16.9 Å². The van der Waals surface area contributed by atoms with Gasteiger partial charge in [-0.3, -0.25) is 9.59 Å². The van der Waals surface area contributed by atoms with Gasteiger partial charge < -0.3 is 9.88 Å². The number of carbonyl (C=O) groups excluding carboxylic acids is 1. The predicted octanol–water partition coefficient (Wildman–Crippen LogP) is 4.07. The Morgan fingerprint density at radius 1 is 1.14 bits per heavy atom. The lowest BCUT2D eigenvalue weighted by molar-refractivity contribution is 0.0994. The third kappa shape index (κ3) is 3.43. The lowest BCUT2D eigenvalue weighted by Crippen LogP contribution is -2.27. The van der Waals surface area contributed by atoms with Crippen LogP contribution in [-0.4, -0.2) is 20.3 Å². The third-order valence-corrected chi connectivity index (χ3v) is 5.85. The smallest absolute Gasteiger partial charge is 0.253 e. The number of nitrogens with one attached hydrogen (secondary N) is 1. The van der Waals surface area contributed by atoms with Crippen LogP contribution in [0.4, 0.5) is 5.82 Å². The number of aromatic nitrogens is 3. The van der Waals surface area contributed by atoms with Crippen molar-refractivity contribution in [3.63, 3.8) is 0 Å². The summed E-state index contributed by atoms with van der Waals surface area (Å²) < 4.78 is 1.81. The molecule has 6 heteroatoms. The molecule has 2 aromatic heterocycles. The number of rotatable bonds is 4. The summed E-state index contributed by atoms with van der Waals surface area (Å²) in [7, 11) is 0. The first-order valence-corrected chi connectivity index (χ1v) is 10.3. The van der Waals surface area contributed by atoms with Gasteiger partial charge in [0.15, 0.2) is 5.78 Å². The van der Waals surface area contributed by atoms with E-state index >= 15 is 0 Å². The van der Waals surface area contributed by atoms with Gasteiger partial charge in [-0.1, -0.05) is 32.0 Å². The summed E-state index contributed by atoms with van der Waals surface area (Å²) in [6.45, 7) is 6.68. The zero-order valence-corrected chi connectivity index (χ0v) is 17.2. The van der Waals surface area contributed by atoms with Crippen molar-refractivity contribution < 1.29 is 4.79 Å². The van der Waals surface area contributed by atoms with E-state index in [0.717, 1.165) is 41.3 Å². The van der Waals surface area contributed by atoms with Gasteiger partial charge in [-0.25, -0.2) is 9.97 Å². The summed E-state index contributed by atoms with van der Waals surface area (Å²) in [6.07, 6.45) is 6.78. The normalized spacial score (nSPS) is 16.2. The Bertz CT molecular complexity index is 1150. The summed E-state index contributed by atoms with van der Waals surface area (Å²) in [5.74, 6) is 0.931. The number of fused-ring (bicyclic) bond motifs is 2. The number of pyridine rings is 1. The number of benzene rings is 1. The first-order chi connectivity index (χ1) is 14.0. The molecule has 29 heavy (non-hydrogen) atoms. The molecule has 5 rings (SSSR count). The fourth-order valence-corrected chi connectivity index (χ4v) is 3.92. The fourth-order valence-electron chi connectivity index (χ4n) is 3.92. The summed E-state index contributed by atoms with van der Waals surface area (Å²) in [4.78, 5) is 33.0. The maximum atomic E-state index is 12.4. The van der Waals surface area contributed by atoms with Gasteiger partial charge in [-0.15, -0.1) is 0 Å². The molecule has 150 valence electrons. The molecule has 0 saturated heterocycles. The monoisotopic (exact) mass is 390 g/mol. The first kappa shape index (κ1) is 19.3. The van der Waals surface area contributed by atoms with Gasteiger partial charge in [0.05, 0.1) is 10.9 Å². The minimum atomic E-state index is -0.0843. The van der Waals surface area contributed by atoms with Gasteiger partial charge in [-0.2, -0.15) is 0 Å². The van der Waals surface area contributed by atoms with Crippen molar-refractivity contribution in [2.24, 2.45) is 0 Å². The molecule has 0 radical (unpaired) electrons. The highest BCUT2D eigenvalue weighted by atomic mass is 16.1. The standard InChI is InChI=1S/C21H20N4O2.C2H6/c1-21(7-8-21)25-11-16-17(9-19(25)27)23-12-24-20(16)22-10-13-3-2-4-15-14(13)5-6-18(15)26;1-2/h2-4,9,11-12H,5-8,10H2,1H3,(H,22,23,24);1-2H3. The largest absolute Gasteiger partial charge is 0.365 e. The number of nitrogens with zero attached hydrogens (tertiary/aromatic N) is 3. The van der Waals surface area contributed by atoms with Crippen LogP contribution in [0.3, 0.4) is 0 Å². The minimum absolute atomic E-state index is 0.0217. The Hall–Kier alpha value is -3.02. The molecule has 0 spiro atoms. The molecule has 0 bridgehead atoms. The molecule has 1 fully saturated rings. The molecule has 0 atom stereocenters. The molecule has 0 unspecified atom stereocenters. The summed E-state index contributed by atoms with van der Waals surface area (Å²) >= 11 is 0. The summed E-state index contributed by atoms with van der Waals surface area (Å²) in [5, 5.41) is 4.23. The van der Waals surface area contributed by atoms with Crippen LogP contribution in [0.1, 0.15) is 61.5 Å². The SMILES string of the molecule is CC.CC1(n2cc3c(NCc4cccc5c4CCC5=O)ncnc3cc2=O)CC1. The van der Waals surface area contributed by atoms with E-state index < -0.39 is 0 Å². The van der Waals surface area contributed by atoms with Gasteiger partial charge in [0, 0.05) is 36.3 Å². The molecule has 1 saturated carbocycles. The topological polar surface area (TPSA) is 76.9 Å². The van der Waals surface area contributed by atoms with Crippen LogP contribution in [0.5, 0.6) is 0 Å². The Labute approximate surface area is 170 Å². The minimum Gasteiger partial charge on any atom is -0.365 e. The van der Waals surface area contributed by atoms with E-state index in [4.69, 9.17) is 0 Å². The quantitative estimate of drug-likeness (QED) is 0.727. The van der Waals surface area contributed by atoms with Crippen molar-refractivity contribution in [1.82, 2.24) is 14.5 Å². The van der Waals surface area contributed by atoms with Gasteiger partial charge in [0.25, 0.3) is 5.56 Å². The number of carbonyl (C=O) groups is 1. The van der Waals surface area contributed by atoms with Crippen LogP contribution in [0.15, 0.2) is 41.6 Å². The van der Waals surface area contributed by atoms with Crippen molar-refractivity contribution in [3.8, 4) is 0 Å². The maximum absolute atomic E-state index is 12.4. The second kappa shape index (κ2) is 7.43. The molecular weight excluding hydrogens is 364 g/mol. The van der Waals surface area contributed by atoms with E-state index in [0.29, 0.717) is 24.3 Å². The Morgan fingerprint density at radius 2 is 1.93 bits per heavy atom. The Balaban J connectivity index is 0.000000994. The zero-order valence-electron chi connectivity index (χ0n) is 17.2. The maximum Gasteiger partial charge on any atom is 0.253 e. The van der Waals surface area contributed by atoms with Gasteiger partial charge in [0.2, 0.25) is 0 Å². The molecule has 2 aliphatic rings. The highest BCUT2D eigenvalue weighted by Crippen LogP contribution is 2.42. The van der Waals surface area contributed by atoms with Crippen molar-refractivity contribution in [2.45, 2.75) is 58.5 Å². The van der Waals surface area contributed by atoms with E-state index in [1.165, 1.54) is 6.33 Å². The molecule has 1 aromatic carbocycles. The molecule has 6 nitrogen and oxygen atoms in total. The van der Waals surface area contributed by atoms with Crippen molar-refractivity contribution >= 4 is 22.5 Å². The van der Waals surface area contributed by atoms with Crippen LogP contribution >= 0.6 is 0 Å².